The van der Waals surface area contributed by atoms with Crippen LogP contribution in [0, 0.1) is 17.3 Å². The SMILES string of the molecule is CCC[C@@H](C)C1=CC[C@H]2C(=O)CCC[C@]12C. The van der Waals surface area contributed by atoms with Crippen LogP contribution in [0.25, 0.3) is 0 Å². The molecule has 0 unspecified atom stereocenters. The van der Waals surface area contributed by atoms with Crippen molar-refractivity contribution in [1.82, 2.24) is 0 Å². The highest BCUT2D eigenvalue weighted by molar-refractivity contribution is 5.84. The number of hydrogen-bond acceptors (Lipinski definition) is 1. The summed E-state index contributed by atoms with van der Waals surface area (Å²) in [5.74, 6) is 1.50. The molecular formula is C15H24O. The van der Waals surface area contributed by atoms with Gasteiger partial charge in [0.2, 0.25) is 0 Å². The molecule has 1 heteroatoms. The molecule has 2 aliphatic rings. The first kappa shape index (κ1) is 11.9. The van der Waals surface area contributed by atoms with Crippen LogP contribution in [0.15, 0.2) is 11.6 Å². The van der Waals surface area contributed by atoms with Gasteiger partial charge in [-0.05, 0) is 37.0 Å². The van der Waals surface area contributed by atoms with Gasteiger partial charge in [0.15, 0.2) is 0 Å². The molecule has 0 amide bonds. The van der Waals surface area contributed by atoms with Crippen molar-refractivity contribution in [3.63, 3.8) is 0 Å². The number of hydrogen-bond donors (Lipinski definition) is 0. The Labute approximate surface area is 99.3 Å². The van der Waals surface area contributed by atoms with E-state index in [1.165, 1.54) is 19.3 Å². The normalized spacial score (nSPS) is 35.8. The lowest BCUT2D eigenvalue weighted by Crippen LogP contribution is -2.36. The lowest BCUT2D eigenvalue weighted by molar-refractivity contribution is -0.128. The van der Waals surface area contributed by atoms with Crippen LogP contribution >= 0.6 is 0 Å². The molecule has 3 atom stereocenters. The van der Waals surface area contributed by atoms with Gasteiger partial charge in [-0.15, -0.1) is 0 Å². The third-order valence-electron chi connectivity index (χ3n) is 4.76. The fourth-order valence-electron chi connectivity index (χ4n) is 3.90. The van der Waals surface area contributed by atoms with E-state index in [0.717, 1.165) is 19.3 Å². The van der Waals surface area contributed by atoms with E-state index in [1.54, 1.807) is 5.57 Å². The number of ketones is 1. The molecule has 0 aromatic carbocycles. The number of carbonyl (C=O) groups excluding carboxylic acids is 1. The molecule has 0 aromatic rings. The fraction of sp³-hybridized carbons (Fsp3) is 0.800. The van der Waals surface area contributed by atoms with Gasteiger partial charge >= 0.3 is 0 Å². The summed E-state index contributed by atoms with van der Waals surface area (Å²) in [7, 11) is 0. The molecule has 0 saturated heterocycles. The van der Waals surface area contributed by atoms with E-state index in [2.05, 4.69) is 26.8 Å². The van der Waals surface area contributed by atoms with Crippen LogP contribution in [0.3, 0.4) is 0 Å². The first-order valence-corrected chi connectivity index (χ1v) is 6.83. The molecule has 1 saturated carbocycles. The lowest BCUT2D eigenvalue weighted by atomic mass is 9.63. The van der Waals surface area contributed by atoms with Crippen molar-refractivity contribution in [2.75, 3.05) is 0 Å². The Morgan fingerprint density at radius 1 is 1.56 bits per heavy atom. The maximum Gasteiger partial charge on any atom is 0.137 e. The molecule has 0 aromatic heterocycles. The van der Waals surface area contributed by atoms with Crippen LogP contribution in [0.2, 0.25) is 0 Å². The van der Waals surface area contributed by atoms with E-state index < -0.39 is 0 Å². The minimum atomic E-state index is 0.212. The average Bonchev–Trinajstić information content (AvgIpc) is 2.57. The van der Waals surface area contributed by atoms with Crippen LogP contribution in [-0.4, -0.2) is 5.78 Å². The van der Waals surface area contributed by atoms with E-state index in [0.29, 0.717) is 17.6 Å². The van der Waals surface area contributed by atoms with Crippen molar-refractivity contribution in [2.45, 2.75) is 59.3 Å². The predicted molar refractivity (Wildman–Crippen MR) is 67.2 cm³/mol. The van der Waals surface area contributed by atoms with Crippen LogP contribution < -0.4 is 0 Å². The number of Topliss-reactive ketones (excluding diaryl/α,β-unsaturated/α-hetero) is 1. The van der Waals surface area contributed by atoms with Gasteiger partial charge in [-0.25, -0.2) is 0 Å². The average molecular weight is 220 g/mol. The van der Waals surface area contributed by atoms with Crippen molar-refractivity contribution in [3.05, 3.63) is 11.6 Å². The summed E-state index contributed by atoms with van der Waals surface area (Å²) in [4.78, 5) is 12.0. The molecule has 90 valence electrons. The highest BCUT2D eigenvalue weighted by atomic mass is 16.1. The second-order valence-electron chi connectivity index (χ2n) is 5.87. The zero-order chi connectivity index (χ0) is 11.8. The number of fused-ring (bicyclic) bond motifs is 1. The molecule has 0 N–H and O–H groups in total. The summed E-state index contributed by atoms with van der Waals surface area (Å²) in [6.45, 7) is 6.92. The molecule has 1 nitrogen and oxygen atoms in total. The second-order valence-corrected chi connectivity index (χ2v) is 5.87. The second kappa shape index (κ2) is 4.35. The highest BCUT2D eigenvalue weighted by Crippen LogP contribution is 2.53. The van der Waals surface area contributed by atoms with Gasteiger partial charge < -0.3 is 0 Å². The first-order valence-electron chi connectivity index (χ1n) is 6.83. The molecule has 0 radical (unpaired) electrons. The van der Waals surface area contributed by atoms with E-state index in [9.17, 15) is 4.79 Å². The third kappa shape index (κ3) is 1.74. The quantitative estimate of drug-likeness (QED) is 0.654. The maximum absolute atomic E-state index is 12.0. The molecule has 2 aliphatic carbocycles. The molecule has 0 spiro atoms. The van der Waals surface area contributed by atoms with Crippen LogP contribution in [0.1, 0.15) is 59.3 Å². The van der Waals surface area contributed by atoms with Gasteiger partial charge in [0.1, 0.15) is 5.78 Å². The summed E-state index contributed by atoms with van der Waals surface area (Å²) < 4.78 is 0. The first-order chi connectivity index (χ1) is 7.59. The standard InChI is InChI=1S/C15H24O/c1-4-6-11(2)12-8-9-13-14(16)7-5-10-15(12,13)3/h8,11,13H,4-7,9-10H2,1-3H3/t11-,13+,15-/m1/s1. The Bertz CT molecular complexity index is 315. The van der Waals surface area contributed by atoms with Gasteiger partial charge in [-0.1, -0.05) is 38.8 Å². The monoisotopic (exact) mass is 220 g/mol. The van der Waals surface area contributed by atoms with Gasteiger partial charge in [0.25, 0.3) is 0 Å². The Kier molecular flexibility index (Phi) is 3.23. The fourth-order valence-corrected chi connectivity index (χ4v) is 3.90. The topological polar surface area (TPSA) is 17.1 Å². The van der Waals surface area contributed by atoms with Crippen LogP contribution in [0.4, 0.5) is 0 Å². The van der Waals surface area contributed by atoms with Crippen molar-refractivity contribution < 1.29 is 4.79 Å². The molecule has 2 rings (SSSR count). The zero-order valence-electron chi connectivity index (χ0n) is 10.9. The minimum absolute atomic E-state index is 0.212. The van der Waals surface area contributed by atoms with E-state index >= 15 is 0 Å². The molecule has 1 fully saturated rings. The van der Waals surface area contributed by atoms with E-state index in [-0.39, 0.29) is 5.41 Å². The van der Waals surface area contributed by atoms with Gasteiger partial charge in [0, 0.05) is 12.3 Å². The Hall–Kier alpha value is -0.590. The number of carbonyl (C=O) groups is 1. The summed E-state index contributed by atoms with van der Waals surface area (Å²) >= 11 is 0. The van der Waals surface area contributed by atoms with E-state index in [4.69, 9.17) is 0 Å². The summed E-state index contributed by atoms with van der Waals surface area (Å²) in [6.07, 6.45) is 9.05. The van der Waals surface area contributed by atoms with E-state index in [1.807, 2.05) is 0 Å². The Balaban J connectivity index is 2.19. The van der Waals surface area contributed by atoms with Crippen molar-refractivity contribution in [3.8, 4) is 0 Å². The molecule has 0 heterocycles. The summed E-state index contributed by atoms with van der Waals surface area (Å²) in [5.41, 5.74) is 1.80. The van der Waals surface area contributed by atoms with Gasteiger partial charge in [0.05, 0.1) is 0 Å². The smallest absolute Gasteiger partial charge is 0.137 e. The minimum Gasteiger partial charge on any atom is -0.299 e. The summed E-state index contributed by atoms with van der Waals surface area (Å²) in [6, 6.07) is 0. The molecule has 0 bridgehead atoms. The highest BCUT2D eigenvalue weighted by Gasteiger charge is 2.47. The van der Waals surface area contributed by atoms with Crippen LogP contribution in [-0.2, 0) is 4.79 Å². The lowest BCUT2D eigenvalue weighted by Gasteiger charge is -2.40. The van der Waals surface area contributed by atoms with Crippen LogP contribution in [0.5, 0.6) is 0 Å². The Morgan fingerprint density at radius 2 is 2.31 bits per heavy atom. The zero-order valence-corrected chi connectivity index (χ0v) is 10.9. The maximum atomic E-state index is 12.0. The van der Waals surface area contributed by atoms with Gasteiger partial charge in [-0.3, -0.25) is 4.79 Å². The Morgan fingerprint density at radius 3 is 3.00 bits per heavy atom. The molecular weight excluding hydrogens is 196 g/mol. The third-order valence-corrected chi connectivity index (χ3v) is 4.76. The predicted octanol–water partition coefficient (Wildman–Crippen LogP) is 4.13. The van der Waals surface area contributed by atoms with Crippen molar-refractivity contribution in [2.24, 2.45) is 17.3 Å². The van der Waals surface area contributed by atoms with Crippen molar-refractivity contribution >= 4 is 5.78 Å². The largest absolute Gasteiger partial charge is 0.299 e. The molecule has 0 aliphatic heterocycles. The summed E-state index contributed by atoms with van der Waals surface area (Å²) in [5, 5.41) is 0. The molecule has 16 heavy (non-hydrogen) atoms. The van der Waals surface area contributed by atoms with Crippen molar-refractivity contribution in [1.29, 1.82) is 0 Å². The number of rotatable bonds is 3. The van der Waals surface area contributed by atoms with Gasteiger partial charge in [-0.2, -0.15) is 0 Å². The number of allylic oxidation sites excluding steroid dienone is 2.